The summed E-state index contributed by atoms with van der Waals surface area (Å²) in [5, 5.41) is 19.3. The second-order valence-corrected chi connectivity index (χ2v) is 8.17. The number of hydrogen-bond acceptors (Lipinski definition) is 3. The number of carbonyl (C=O) groups is 2. The summed E-state index contributed by atoms with van der Waals surface area (Å²) in [5.41, 5.74) is 0.799. The number of Topliss-reactive ketones (excluding diaryl/α,β-unsaturated/α-hetero) is 1. The molecule has 0 heterocycles. The van der Waals surface area contributed by atoms with E-state index < -0.39 is 23.8 Å². The number of allylic oxidation sites excluding steroid dienone is 1. The van der Waals surface area contributed by atoms with E-state index in [9.17, 15) is 27.9 Å². The Bertz CT molecular complexity index is 979. The Morgan fingerprint density at radius 3 is 2.50 bits per heavy atom. The van der Waals surface area contributed by atoms with Gasteiger partial charge >= 0.3 is 12.1 Å². The van der Waals surface area contributed by atoms with Gasteiger partial charge in [-0.25, -0.2) is 4.79 Å². The molecule has 32 heavy (non-hydrogen) atoms. The van der Waals surface area contributed by atoms with Crippen molar-refractivity contribution in [1.82, 2.24) is 0 Å². The summed E-state index contributed by atoms with van der Waals surface area (Å²) >= 11 is 0. The van der Waals surface area contributed by atoms with Crippen LogP contribution in [0.1, 0.15) is 46.3 Å². The Hall–Kier alpha value is -2.93. The Labute approximate surface area is 184 Å². The Kier molecular flexibility index (Phi) is 7.51. The van der Waals surface area contributed by atoms with E-state index >= 15 is 0 Å². The molecule has 0 radical (unpaired) electrons. The molecule has 0 aromatic heterocycles. The zero-order chi connectivity index (χ0) is 23.3. The Morgan fingerprint density at radius 2 is 1.84 bits per heavy atom. The predicted molar refractivity (Wildman–Crippen MR) is 113 cm³/mol. The number of aliphatic hydroxyl groups is 1. The summed E-state index contributed by atoms with van der Waals surface area (Å²) in [7, 11) is 0. The average molecular weight is 446 g/mol. The first kappa shape index (κ1) is 23.7. The van der Waals surface area contributed by atoms with Crippen LogP contribution in [-0.4, -0.2) is 28.1 Å². The molecule has 3 rings (SSSR count). The minimum Gasteiger partial charge on any atom is -0.478 e. The highest BCUT2D eigenvalue weighted by molar-refractivity contribution is 5.87. The minimum absolute atomic E-state index is 0.0306. The first-order valence-electron chi connectivity index (χ1n) is 10.5. The van der Waals surface area contributed by atoms with Gasteiger partial charge in [0.1, 0.15) is 5.78 Å². The van der Waals surface area contributed by atoms with Gasteiger partial charge in [0.05, 0.1) is 17.2 Å². The summed E-state index contributed by atoms with van der Waals surface area (Å²) in [6, 6.07) is 11.5. The lowest BCUT2D eigenvalue weighted by atomic mass is 9.88. The molecule has 2 aromatic carbocycles. The fraction of sp³-hybridized carbons (Fsp3) is 0.360. The lowest BCUT2D eigenvalue weighted by Crippen LogP contribution is -2.15. The van der Waals surface area contributed by atoms with E-state index in [4.69, 9.17) is 5.11 Å². The maximum absolute atomic E-state index is 12.9. The van der Waals surface area contributed by atoms with E-state index in [2.05, 4.69) is 0 Å². The molecule has 0 saturated heterocycles. The van der Waals surface area contributed by atoms with Crippen molar-refractivity contribution >= 4 is 11.8 Å². The third kappa shape index (κ3) is 6.29. The van der Waals surface area contributed by atoms with Crippen molar-refractivity contribution in [3.63, 3.8) is 0 Å². The van der Waals surface area contributed by atoms with Crippen LogP contribution in [0.3, 0.4) is 0 Å². The monoisotopic (exact) mass is 446 g/mol. The third-order valence-electron chi connectivity index (χ3n) is 5.88. The van der Waals surface area contributed by atoms with E-state index in [0.717, 1.165) is 17.7 Å². The van der Waals surface area contributed by atoms with Gasteiger partial charge in [0.2, 0.25) is 0 Å². The highest BCUT2D eigenvalue weighted by atomic mass is 19.4. The van der Waals surface area contributed by atoms with Crippen LogP contribution in [0.25, 0.3) is 0 Å². The molecule has 3 atom stereocenters. The molecule has 2 N–H and O–H groups in total. The standard InChI is InChI=1S/C25H25F3O4/c26-25(27,28)20-3-1-2-17(14-20)15-21(29)11-9-18-10-13-23(30)22(18)12-6-16-4-7-19(8-5-16)24(31)32/h1-5,7-9,11,14,18,21-22,29H,6,10,12-13,15H2,(H,31,32)/t18-,21?,22+/m0/s1. The maximum Gasteiger partial charge on any atom is 0.416 e. The van der Waals surface area contributed by atoms with Gasteiger partial charge in [-0.05, 0) is 54.5 Å². The summed E-state index contributed by atoms with van der Waals surface area (Å²) in [4.78, 5) is 23.3. The highest BCUT2D eigenvalue weighted by Gasteiger charge is 2.33. The van der Waals surface area contributed by atoms with E-state index in [1.165, 1.54) is 18.2 Å². The number of halogens is 3. The van der Waals surface area contributed by atoms with Crippen LogP contribution in [-0.2, 0) is 23.8 Å². The number of aryl methyl sites for hydroxylation is 1. The van der Waals surface area contributed by atoms with Gasteiger partial charge in [-0.3, -0.25) is 4.79 Å². The van der Waals surface area contributed by atoms with Gasteiger partial charge in [-0.1, -0.05) is 42.5 Å². The van der Waals surface area contributed by atoms with Crippen LogP contribution in [0.15, 0.2) is 60.7 Å². The maximum atomic E-state index is 12.9. The summed E-state index contributed by atoms with van der Waals surface area (Å²) in [6.45, 7) is 0. The van der Waals surface area contributed by atoms with Crippen molar-refractivity contribution in [3.05, 3.63) is 82.9 Å². The van der Waals surface area contributed by atoms with Crippen LogP contribution in [0.4, 0.5) is 13.2 Å². The molecule has 7 heteroatoms. The third-order valence-corrected chi connectivity index (χ3v) is 5.88. The topological polar surface area (TPSA) is 74.6 Å². The number of carboxylic acid groups (broad SMARTS) is 1. The predicted octanol–water partition coefficient (Wildman–Crippen LogP) is 5.09. The fourth-order valence-electron chi connectivity index (χ4n) is 4.13. The number of benzene rings is 2. The zero-order valence-electron chi connectivity index (χ0n) is 17.4. The second-order valence-electron chi connectivity index (χ2n) is 8.17. The van der Waals surface area contributed by atoms with Crippen LogP contribution >= 0.6 is 0 Å². The van der Waals surface area contributed by atoms with Gasteiger partial charge in [0.15, 0.2) is 0 Å². The first-order chi connectivity index (χ1) is 15.1. The normalized spacial score (nSPS) is 20.1. The number of aromatic carboxylic acids is 1. The zero-order valence-corrected chi connectivity index (χ0v) is 17.4. The molecule has 1 aliphatic rings. The lowest BCUT2D eigenvalue weighted by molar-refractivity contribution is -0.137. The van der Waals surface area contributed by atoms with Crippen molar-refractivity contribution in [1.29, 1.82) is 0 Å². The number of hydrogen-bond donors (Lipinski definition) is 2. The fourth-order valence-corrected chi connectivity index (χ4v) is 4.13. The largest absolute Gasteiger partial charge is 0.478 e. The molecule has 1 saturated carbocycles. The second kappa shape index (κ2) is 10.1. The molecule has 1 fully saturated rings. The smallest absolute Gasteiger partial charge is 0.416 e. The molecule has 1 aliphatic carbocycles. The van der Waals surface area contributed by atoms with Crippen molar-refractivity contribution < 1.29 is 33.0 Å². The molecular weight excluding hydrogens is 421 g/mol. The molecule has 0 spiro atoms. The minimum atomic E-state index is -4.43. The molecule has 0 bridgehead atoms. The molecule has 170 valence electrons. The van der Waals surface area contributed by atoms with Crippen LogP contribution in [0.5, 0.6) is 0 Å². The van der Waals surface area contributed by atoms with Crippen molar-refractivity contribution in [2.24, 2.45) is 11.8 Å². The number of ketones is 1. The van der Waals surface area contributed by atoms with E-state index in [0.29, 0.717) is 31.2 Å². The van der Waals surface area contributed by atoms with E-state index in [1.54, 1.807) is 30.4 Å². The van der Waals surface area contributed by atoms with Crippen LogP contribution in [0, 0.1) is 11.8 Å². The highest BCUT2D eigenvalue weighted by Crippen LogP contribution is 2.34. The number of carboxylic acids is 1. The Balaban J connectivity index is 1.58. The molecule has 0 amide bonds. The molecular formula is C25H25F3O4. The van der Waals surface area contributed by atoms with Gasteiger partial charge in [-0.2, -0.15) is 13.2 Å². The molecule has 4 nitrogen and oxygen atoms in total. The van der Waals surface area contributed by atoms with E-state index in [1.807, 2.05) is 0 Å². The van der Waals surface area contributed by atoms with Gasteiger partial charge in [0.25, 0.3) is 0 Å². The average Bonchev–Trinajstić information content (AvgIpc) is 3.10. The van der Waals surface area contributed by atoms with Crippen LogP contribution < -0.4 is 0 Å². The number of carbonyl (C=O) groups excluding carboxylic acids is 1. The molecule has 2 aromatic rings. The summed E-state index contributed by atoms with van der Waals surface area (Å²) < 4.78 is 38.6. The van der Waals surface area contributed by atoms with Crippen molar-refractivity contribution in [2.75, 3.05) is 0 Å². The van der Waals surface area contributed by atoms with Crippen molar-refractivity contribution in [3.8, 4) is 0 Å². The van der Waals surface area contributed by atoms with Gasteiger partial charge < -0.3 is 10.2 Å². The summed E-state index contributed by atoms with van der Waals surface area (Å²) in [6.07, 6.45) is 0.439. The Morgan fingerprint density at radius 1 is 1.12 bits per heavy atom. The van der Waals surface area contributed by atoms with Gasteiger partial charge in [-0.15, -0.1) is 0 Å². The van der Waals surface area contributed by atoms with E-state index in [-0.39, 0.29) is 29.6 Å². The SMILES string of the molecule is O=C(O)c1ccc(CC[C@H]2C(=O)CC[C@@H]2C=CC(O)Cc2cccc(C(F)(F)F)c2)cc1. The quantitative estimate of drug-likeness (QED) is 0.554. The number of alkyl halides is 3. The lowest BCUT2D eigenvalue weighted by Gasteiger charge is -2.16. The van der Waals surface area contributed by atoms with Crippen LogP contribution in [0.2, 0.25) is 0 Å². The van der Waals surface area contributed by atoms with Crippen molar-refractivity contribution in [2.45, 2.75) is 44.4 Å². The number of aliphatic hydroxyl groups excluding tert-OH is 1. The first-order valence-corrected chi connectivity index (χ1v) is 10.5. The van der Waals surface area contributed by atoms with Gasteiger partial charge in [0, 0.05) is 18.8 Å². The molecule has 1 unspecified atom stereocenters. The summed E-state index contributed by atoms with van der Waals surface area (Å²) in [5.74, 6) is -1.05. The number of rotatable bonds is 8. The molecule has 0 aliphatic heterocycles.